The summed E-state index contributed by atoms with van der Waals surface area (Å²) in [4.78, 5) is 38.1. The van der Waals surface area contributed by atoms with E-state index in [9.17, 15) is 14.4 Å². The van der Waals surface area contributed by atoms with Gasteiger partial charge in [0.15, 0.2) is 13.1 Å². The summed E-state index contributed by atoms with van der Waals surface area (Å²) in [5.41, 5.74) is 0.315. The minimum absolute atomic E-state index is 0.0500. The summed E-state index contributed by atoms with van der Waals surface area (Å²) >= 11 is 12.0. The largest absolute Gasteiger partial charge is 0.349 e. The summed E-state index contributed by atoms with van der Waals surface area (Å²) < 4.78 is 0. The molecule has 0 aliphatic carbocycles. The first-order valence-electron chi connectivity index (χ1n) is 8.18. The van der Waals surface area contributed by atoms with Crippen molar-refractivity contribution < 1.29 is 19.3 Å². The highest BCUT2D eigenvalue weighted by Gasteiger charge is 2.20. The zero-order chi connectivity index (χ0) is 19.9. The Balaban J connectivity index is 2.50. The topological polar surface area (TPSA) is 83.0 Å². The van der Waals surface area contributed by atoms with Crippen molar-refractivity contribution in [2.45, 2.75) is 19.9 Å². The molecular formula is C17H25Cl2N4O3+. The van der Waals surface area contributed by atoms with Crippen molar-refractivity contribution in [3.8, 4) is 0 Å². The first-order chi connectivity index (χ1) is 12.1. The molecule has 1 atom stereocenters. The molecule has 0 saturated heterocycles. The molecule has 9 heteroatoms. The number of halogens is 2. The van der Waals surface area contributed by atoms with Crippen LogP contribution < -0.4 is 15.5 Å². The molecule has 0 radical (unpaired) electrons. The molecule has 1 aromatic carbocycles. The van der Waals surface area contributed by atoms with Crippen molar-refractivity contribution in [2.24, 2.45) is 0 Å². The Morgan fingerprint density at radius 3 is 2.23 bits per heavy atom. The van der Waals surface area contributed by atoms with Gasteiger partial charge in [-0.2, -0.15) is 0 Å². The van der Waals surface area contributed by atoms with E-state index in [1.54, 1.807) is 25.2 Å². The molecule has 0 bridgehead atoms. The minimum Gasteiger partial charge on any atom is -0.349 e. The maximum absolute atomic E-state index is 12.2. The summed E-state index contributed by atoms with van der Waals surface area (Å²) in [7, 11) is 3.27. The van der Waals surface area contributed by atoms with E-state index >= 15 is 0 Å². The number of likely N-dealkylation sites (N-methyl/N-ethyl adjacent to an activating group) is 2. The van der Waals surface area contributed by atoms with Crippen LogP contribution in [0.25, 0.3) is 0 Å². The number of rotatable bonds is 8. The number of benzene rings is 1. The fourth-order valence-electron chi connectivity index (χ4n) is 2.20. The number of hydrogen-bond donors (Lipinski definition) is 3. The molecule has 26 heavy (non-hydrogen) atoms. The Morgan fingerprint density at radius 1 is 1.12 bits per heavy atom. The molecule has 7 nitrogen and oxygen atoms in total. The summed E-state index contributed by atoms with van der Waals surface area (Å²) in [5, 5.41) is 6.02. The molecule has 0 spiro atoms. The third-order valence-electron chi connectivity index (χ3n) is 3.40. The fraction of sp³-hybridized carbons (Fsp3) is 0.471. The quantitative estimate of drug-likeness (QED) is 0.588. The molecule has 3 amide bonds. The van der Waals surface area contributed by atoms with E-state index in [0.717, 1.165) is 4.90 Å². The van der Waals surface area contributed by atoms with Gasteiger partial charge in [0.1, 0.15) is 0 Å². The van der Waals surface area contributed by atoms with Gasteiger partial charge in [-0.1, -0.05) is 29.3 Å². The lowest BCUT2D eigenvalue weighted by atomic mass is 10.3. The average molecular weight is 404 g/mol. The zero-order valence-corrected chi connectivity index (χ0v) is 16.9. The highest BCUT2D eigenvalue weighted by atomic mass is 35.5. The Labute approximate surface area is 163 Å². The van der Waals surface area contributed by atoms with E-state index in [4.69, 9.17) is 23.2 Å². The predicted molar refractivity (Wildman–Crippen MR) is 103 cm³/mol. The van der Waals surface area contributed by atoms with Gasteiger partial charge in [-0.25, -0.2) is 0 Å². The monoisotopic (exact) mass is 403 g/mol. The smallest absolute Gasteiger partial charge is 0.277 e. The summed E-state index contributed by atoms with van der Waals surface area (Å²) in [6.07, 6.45) is 0. The summed E-state index contributed by atoms with van der Waals surface area (Å²) in [6, 6.07) is 4.94. The molecule has 1 aromatic rings. The van der Waals surface area contributed by atoms with Crippen molar-refractivity contribution in [1.29, 1.82) is 0 Å². The standard InChI is InChI=1S/C17H24Cl2N4O3/c1-11(2)20-14(24)8-22(3)10-16(26)23(4)9-15(25)21-17-12(18)6-5-7-13(17)19/h5-7,11H,8-10H2,1-4H3,(H,20,24)(H,21,25)/p+1. The van der Waals surface area contributed by atoms with Gasteiger partial charge in [-0.15, -0.1) is 0 Å². The average Bonchev–Trinajstić information content (AvgIpc) is 2.49. The maximum Gasteiger partial charge on any atom is 0.277 e. The molecule has 0 fully saturated rings. The van der Waals surface area contributed by atoms with Gasteiger partial charge in [0, 0.05) is 13.1 Å². The predicted octanol–water partition coefficient (Wildman–Crippen LogP) is 0.430. The van der Waals surface area contributed by atoms with Crippen molar-refractivity contribution in [1.82, 2.24) is 10.2 Å². The van der Waals surface area contributed by atoms with Crippen LogP contribution in [0.4, 0.5) is 5.69 Å². The van der Waals surface area contributed by atoms with Crippen LogP contribution in [-0.2, 0) is 14.4 Å². The number of para-hydroxylation sites is 1. The first-order valence-corrected chi connectivity index (χ1v) is 8.94. The molecule has 0 aliphatic heterocycles. The van der Waals surface area contributed by atoms with E-state index in [2.05, 4.69) is 10.6 Å². The van der Waals surface area contributed by atoms with Crippen LogP contribution in [0.1, 0.15) is 13.8 Å². The zero-order valence-electron chi connectivity index (χ0n) is 15.4. The lowest BCUT2D eigenvalue weighted by molar-refractivity contribution is -0.863. The molecule has 1 rings (SSSR count). The van der Waals surface area contributed by atoms with Crippen LogP contribution in [0.15, 0.2) is 18.2 Å². The van der Waals surface area contributed by atoms with E-state index < -0.39 is 5.91 Å². The van der Waals surface area contributed by atoms with Gasteiger partial charge in [0.05, 0.1) is 29.3 Å². The molecule has 0 saturated carbocycles. The number of nitrogens with one attached hydrogen (secondary N) is 3. The molecule has 1 unspecified atom stereocenters. The fourth-order valence-corrected chi connectivity index (χ4v) is 2.69. The Morgan fingerprint density at radius 2 is 1.69 bits per heavy atom. The van der Waals surface area contributed by atoms with Crippen molar-refractivity contribution >= 4 is 46.6 Å². The van der Waals surface area contributed by atoms with Crippen LogP contribution in [0.5, 0.6) is 0 Å². The molecule has 0 heterocycles. The van der Waals surface area contributed by atoms with Crippen LogP contribution in [0.3, 0.4) is 0 Å². The van der Waals surface area contributed by atoms with Crippen LogP contribution >= 0.6 is 23.2 Å². The van der Waals surface area contributed by atoms with E-state index in [1.165, 1.54) is 11.9 Å². The summed E-state index contributed by atoms with van der Waals surface area (Å²) in [5.74, 6) is -0.787. The molecule has 3 N–H and O–H groups in total. The van der Waals surface area contributed by atoms with Crippen molar-refractivity contribution in [2.75, 3.05) is 39.0 Å². The highest BCUT2D eigenvalue weighted by Crippen LogP contribution is 2.29. The number of hydrogen-bond acceptors (Lipinski definition) is 3. The Bertz CT molecular complexity index is 647. The number of nitrogens with zero attached hydrogens (tertiary/aromatic N) is 1. The molecule has 0 aromatic heterocycles. The van der Waals surface area contributed by atoms with Gasteiger partial charge in [0.25, 0.3) is 11.8 Å². The second-order valence-electron chi connectivity index (χ2n) is 6.43. The van der Waals surface area contributed by atoms with Gasteiger partial charge < -0.3 is 20.4 Å². The second-order valence-corrected chi connectivity index (χ2v) is 7.24. The van der Waals surface area contributed by atoms with Gasteiger partial charge in [-0.3, -0.25) is 14.4 Å². The molecule has 0 aliphatic rings. The van der Waals surface area contributed by atoms with E-state index in [-0.39, 0.29) is 37.5 Å². The third-order valence-corrected chi connectivity index (χ3v) is 4.03. The van der Waals surface area contributed by atoms with Gasteiger partial charge in [-0.05, 0) is 26.0 Å². The summed E-state index contributed by atoms with van der Waals surface area (Å²) in [6.45, 7) is 3.87. The number of carbonyl (C=O) groups excluding carboxylic acids is 3. The molecular weight excluding hydrogens is 379 g/mol. The minimum atomic E-state index is -0.411. The highest BCUT2D eigenvalue weighted by molar-refractivity contribution is 6.39. The lowest BCUT2D eigenvalue weighted by Crippen LogP contribution is -3.11. The van der Waals surface area contributed by atoms with E-state index in [0.29, 0.717) is 15.7 Å². The van der Waals surface area contributed by atoms with Crippen molar-refractivity contribution in [3.05, 3.63) is 28.2 Å². The number of quaternary nitrogens is 1. The maximum atomic E-state index is 12.2. The number of carbonyl (C=O) groups is 3. The number of anilines is 1. The van der Waals surface area contributed by atoms with Gasteiger partial charge in [0.2, 0.25) is 5.91 Å². The SMILES string of the molecule is CC(C)NC(=O)C[NH+](C)CC(=O)N(C)CC(=O)Nc1c(Cl)cccc1Cl. The second kappa shape index (κ2) is 10.4. The number of amides is 3. The third kappa shape index (κ3) is 7.59. The van der Waals surface area contributed by atoms with Crippen LogP contribution in [-0.4, -0.2) is 62.4 Å². The van der Waals surface area contributed by atoms with Crippen molar-refractivity contribution in [3.63, 3.8) is 0 Å². The molecule has 144 valence electrons. The van der Waals surface area contributed by atoms with Crippen LogP contribution in [0, 0.1) is 0 Å². The Hall–Kier alpha value is -1.83. The normalized spacial score (nSPS) is 11.8. The first kappa shape index (κ1) is 22.2. The Kier molecular flexibility index (Phi) is 8.84. The van der Waals surface area contributed by atoms with E-state index in [1.807, 2.05) is 13.8 Å². The lowest BCUT2D eigenvalue weighted by Gasteiger charge is -2.20. The van der Waals surface area contributed by atoms with Gasteiger partial charge >= 0.3 is 0 Å². The van der Waals surface area contributed by atoms with Crippen LogP contribution in [0.2, 0.25) is 10.0 Å².